The number of nitrogens with zero attached hydrogens (tertiary/aromatic N) is 3. The molecule has 1 rings (SSSR count). The minimum atomic E-state index is -0.321. The molecule has 6 heteroatoms. The number of hydrogen-bond donors (Lipinski definition) is 1. The number of phenolic OH excluding ortho intramolecular Hbond substituents is 1. The number of ether oxygens (including phenoxy) is 1. The van der Waals surface area contributed by atoms with E-state index in [1.54, 1.807) is 18.2 Å². The summed E-state index contributed by atoms with van der Waals surface area (Å²) >= 11 is 0. The predicted molar refractivity (Wildman–Crippen MR) is 70.6 cm³/mol. The van der Waals surface area contributed by atoms with E-state index in [9.17, 15) is 9.90 Å². The van der Waals surface area contributed by atoms with Crippen molar-refractivity contribution in [3.8, 4) is 23.6 Å². The van der Waals surface area contributed by atoms with Gasteiger partial charge in [0, 0.05) is 13.1 Å². The molecule has 0 heterocycles. The molecule has 0 aliphatic heterocycles. The van der Waals surface area contributed by atoms with Crippen molar-refractivity contribution in [3.63, 3.8) is 0 Å². The number of rotatable bonds is 7. The molecule has 104 valence electrons. The van der Waals surface area contributed by atoms with Crippen LogP contribution in [0, 0.1) is 22.7 Å². The number of aromatic hydroxyl groups is 1. The molecule has 0 saturated heterocycles. The SMILES string of the molecule is N#CCCN(CCC#N)C(=O)COc1ccccc1O. The lowest BCUT2D eigenvalue weighted by Gasteiger charge is -2.20. The van der Waals surface area contributed by atoms with Crippen molar-refractivity contribution in [2.45, 2.75) is 12.8 Å². The van der Waals surface area contributed by atoms with E-state index in [0.29, 0.717) is 0 Å². The highest BCUT2D eigenvalue weighted by Gasteiger charge is 2.14. The van der Waals surface area contributed by atoms with E-state index < -0.39 is 0 Å². The van der Waals surface area contributed by atoms with E-state index in [1.165, 1.54) is 11.0 Å². The molecule has 1 aromatic rings. The fourth-order valence-electron chi connectivity index (χ4n) is 1.54. The van der Waals surface area contributed by atoms with Crippen molar-refractivity contribution in [2.75, 3.05) is 19.7 Å². The first-order valence-corrected chi connectivity index (χ1v) is 6.11. The largest absolute Gasteiger partial charge is 0.504 e. The summed E-state index contributed by atoms with van der Waals surface area (Å²) in [5.41, 5.74) is 0. The molecule has 0 radical (unpaired) electrons. The van der Waals surface area contributed by atoms with Gasteiger partial charge in [0.05, 0.1) is 25.0 Å². The Balaban J connectivity index is 2.55. The summed E-state index contributed by atoms with van der Waals surface area (Å²) in [7, 11) is 0. The maximum atomic E-state index is 11.9. The molecule has 20 heavy (non-hydrogen) atoms. The highest BCUT2D eigenvalue weighted by atomic mass is 16.5. The van der Waals surface area contributed by atoms with Crippen LogP contribution in [0.15, 0.2) is 24.3 Å². The lowest BCUT2D eigenvalue weighted by atomic mass is 10.3. The summed E-state index contributed by atoms with van der Waals surface area (Å²) in [5, 5.41) is 26.6. The Morgan fingerprint density at radius 3 is 2.35 bits per heavy atom. The van der Waals surface area contributed by atoms with Crippen LogP contribution in [-0.2, 0) is 4.79 Å². The lowest BCUT2D eigenvalue weighted by Crippen LogP contribution is -2.36. The van der Waals surface area contributed by atoms with E-state index >= 15 is 0 Å². The van der Waals surface area contributed by atoms with E-state index in [1.807, 2.05) is 12.1 Å². The first kappa shape index (κ1) is 15.3. The van der Waals surface area contributed by atoms with E-state index in [2.05, 4.69) is 0 Å². The normalized spacial score (nSPS) is 9.30. The first-order valence-electron chi connectivity index (χ1n) is 6.11. The van der Waals surface area contributed by atoms with Crippen LogP contribution in [0.3, 0.4) is 0 Å². The number of hydrogen-bond acceptors (Lipinski definition) is 5. The number of amides is 1. The predicted octanol–water partition coefficient (Wildman–Crippen LogP) is 1.43. The van der Waals surface area contributed by atoms with Crippen LogP contribution in [-0.4, -0.2) is 35.6 Å². The van der Waals surface area contributed by atoms with E-state index in [0.717, 1.165) is 0 Å². The lowest BCUT2D eigenvalue weighted by molar-refractivity contribution is -0.133. The fourth-order valence-corrected chi connectivity index (χ4v) is 1.54. The highest BCUT2D eigenvalue weighted by Crippen LogP contribution is 2.24. The van der Waals surface area contributed by atoms with Crippen molar-refractivity contribution in [1.29, 1.82) is 10.5 Å². The zero-order chi connectivity index (χ0) is 14.8. The maximum Gasteiger partial charge on any atom is 0.260 e. The van der Waals surface area contributed by atoms with Gasteiger partial charge in [-0.3, -0.25) is 4.79 Å². The second-order valence-electron chi connectivity index (χ2n) is 3.95. The van der Waals surface area contributed by atoms with Gasteiger partial charge in [0.1, 0.15) is 0 Å². The zero-order valence-corrected chi connectivity index (χ0v) is 11.0. The van der Waals surface area contributed by atoms with Crippen LogP contribution in [0.4, 0.5) is 0 Å². The van der Waals surface area contributed by atoms with Crippen LogP contribution < -0.4 is 4.74 Å². The Labute approximate surface area is 117 Å². The number of para-hydroxylation sites is 2. The molecule has 0 aliphatic rings. The average molecular weight is 273 g/mol. The summed E-state index contributed by atoms with van der Waals surface area (Å²) in [6, 6.07) is 10.3. The van der Waals surface area contributed by atoms with Gasteiger partial charge in [-0.2, -0.15) is 10.5 Å². The van der Waals surface area contributed by atoms with Crippen molar-refractivity contribution in [1.82, 2.24) is 4.90 Å². The Morgan fingerprint density at radius 1 is 1.20 bits per heavy atom. The van der Waals surface area contributed by atoms with Gasteiger partial charge in [0.2, 0.25) is 0 Å². The number of carbonyl (C=O) groups excluding carboxylic acids is 1. The van der Waals surface area contributed by atoms with E-state index in [4.69, 9.17) is 15.3 Å². The molecular weight excluding hydrogens is 258 g/mol. The quantitative estimate of drug-likeness (QED) is 0.810. The molecule has 0 aromatic heterocycles. The summed E-state index contributed by atoms with van der Waals surface area (Å²) < 4.78 is 5.23. The molecule has 0 spiro atoms. The van der Waals surface area contributed by atoms with Gasteiger partial charge in [0.15, 0.2) is 18.1 Å². The molecule has 0 bridgehead atoms. The van der Waals surface area contributed by atoms with E-state index in [-0.39, 0.29) is 49.9 Å². The average Bonchev–Trinajstić information content (AvgIpc) is 2.46. The van der Waals surface area contributed by atoms with Gasteiger partial charge in [-0.1, -0.05) is 12.1 Å². The first-order chi connectivity index (χ1) is 9.69. The molecule has 0 fully saturated rings. The van der Waals surface area contributed by atoms with Gasteiger partial charge >= 0.3 is 0 Å². The van der Waals surface area contributed by atoms with Crippen LogP contribution >= 0.6 is 0 Å². The number of phenols is 1. The van der Waals surface area contributed by atoms with Gasteiger partial charge in [0.25, 0.3) is 5.91 Å². The number of benzene rings is 1. The van der Waals surface area contributed by atoms with Crippen LogP contribution in [0.1, 0.15) is 12.8 Å². The van der Waals surface area contributed by atoms with Crippen molar-refractivity contribution < 1.29 is 14.6 Å². The summed E-state index contributed by atoms with van der Waals surface area (Å²) in [6.07, 6.45) is 0.404. The molecule has 0 aliphatic carbocycles. The van der Waals surface area contributed by atoms with Crippen LogP contribution in [0.2, 0.25) is 0 Å². The van der Waals surface area contributed by atoms with Crippen LogP contribution in [0.5, 0.6) is 11.5 Å². The molecule has 1 amide bonds. The van der Waals surface area contributed by atoms with Crippen molar-refractivity contribution >= 4 is 5.91 Å². The van der Waals surface area contributed by atoms with Crippen LogP contribution in [0.25, 0.3) is 0 Å². The summed E-state index contributed by atoms with van der Waals surface area (Å²) in [4.78, 5) is 13.3. The number of carbonyl (C=O) groups is 1. The molecule has 1 aromatic carbocycles. The minimum Gasteiger partial charge on any atom is -0.504 e. The zero-order valence-electron chi connectivity index (χ0n) is 11.0. The summed E-state index contributed by atoms with van der Waals surface area (Å²) in [6.45, 7) is 0.288. The second-order valence-corrected chi connectivity index (χ2v) is 3.95. The fraction of sp³-hybridized carbons (Fsp3) is 0.357. The topological polar surface area (TPSA) is 97.4 Å². The Bertz CT molecular complexity index is 513. The van der Waals surface area contributed by atoms with Gasteiger partial charge < -0.3 is 14.7 Å². The Hall–Kier alpha value is -2.73. The Kier molecular flexibility index (Phi) is 6.43. The molecule has 1 N–H and O–H groups in total. The Morgan fingerprint density at radius 2 is 1.80 bits per heavy atom. The maximum absolute atomic E-state index is 11.9. The third-order valence-electron chi connectivity index (χ3n) is 2.56. The monoisotopic (exact) mass is 273 g/mol. The second kappa shape index (κ2) is 8.39. The van der Waals surface area contributed by atoms with Gasteiger partial charge in [-0.15, -0.1) is 0 Å². The van der Waals surface area contributed by atoms with Crippen molar-refractivity contribution in [3.05, 3.63) is 24.3 Å². The molecule has 0 saturated carbocycles. The minimum absolute atomic E-state index is 0.0408. The number of nitriles is 2. The third-order valence-corrected chi connectivity index (χ3v) is 2.56. The molecular formula is C14H15N3O3. The standard InChI is InChI=1S/C14H15N3O3/c15-7-3-9-17(10-4-8-16)14(19)11-20-13-6-2-1-5-12(13)18/h1-2,5-6,18H,3-4,9-11H2. The molecule has 0 unspecified atom stereocenters. The molecule has 6 nitrogen and oxygen atoms in total. The van der Waals surface area contributed by atoms with Crippen molar-refractivity contribution in [2.24, 2.45) is 0 Å². The third kappa shape index (κ3) is 4.87. The summed E-state index contributed by atoms with van der Waals surface area (Å²) in [5.74, 6) is -0.138. The van der Waals surface area contributed by atoms with Gasteiger partial charge in [-0.05, 0) is 12.1 Å². The van der Waals surface area contributed by atoms with Gasteiger partial charge in [-0.25, -0.2) is 0 Å². The molecule has 0 atom stereocenters. The highest BCUT2D eigenvalue weighted by molar-refractivity contribution is 5.77. The smallest absolute Gasteiger partial charge is 0.260 e.